The zero-order valence-electron chi connectivity index (χ0n) is 15.2. The monoisotopic (exact) mass is 375 g/mol. The van der Waals surface area contributed by atoms with E-state index < -0.39 is 0 Å². The van der Waals surface area contributed by atoms with Gasteiger partial charge in [-0.1, -0.05) is 11.6 Å². The molecule has 1 saturated carbocycles. The van der Waals surface area contributed by atoms with Crippen molar-refractivity contribution in [3.8, 4) is 6.07 Å². The van der Waals surface area contributed by atoms with E-state index in [1.54, 1.807) is 0 Å². The Morgan fingerprint density at radius 3 is 2.88 bits per heavy atom. The number of nitrogens with one attached hydrogen (secondary N) is 2. The molecule has 0 unspecified atom stereocenters. The molecular weight excluding hydrogens is 350 g/mol. The van der Waals surface area contributed by atoms with Crippen molar-refractivity contribution in [3.63, 3.8) is 0 Å². The molecule has 0 radical (unpaired) electrons. The minimum atomic E-state index is 0.302. The van der Waals surface area contributed by atoms with Crippen LogP contribution in [0, 0.1) is 36.0 Å². The molecule has 0 amide bonds. The fourth-order valence-corrected chi connectivity index (χ4v) is 5.12. The zero-order chi connectivity index (χ0) is 18.1. The topological polar surface area (TPSA) is 82.9 Å². The Bertz CT molecular complexity index is 700. The van der Waals surface area contributed by atoms with Crippen LogP contribution >= 0.6 is 11.6 Å². The normalized spacial score (nSPS) is 31.6. The Balaban J connectivity index is 1.39. The van der Waals surface area contributed by atoms with E-state index in [0.29, 0.717) is 46.0 Å². The smallest absolute Gasteiger partial charge is 0.167 e. The average Bonchev–Trinajstić information content (AvgIpc) is 3.21. The molecule has 0 bridgehead atoms. The second kappa shape index (κ2) is 7.67. The predicted octanol–water partition coefficient (Wildman–Crippen LogP) is 2.91. The molecule has 0 aromatic carbocycles. The molecule has 140 valence electrons. The fraction of sp³-hybridized carbons (Fsp3) is 0.737. The summed E-state index contributed by atoms with van der Waals surface area (Å²) in [5.74, 6) is 2.79. The Kier molecular flexibility index (Phi) is 5.30. The number of fused-ring (bicyclic) bond motifs is 1. The molecule has 0 spiro atoms. The Labute approximate surface area is 159 Å². The van der Waals surface area contributed by atoms with Crippen molar-refractivity contribution < 1.29 is 4.74 Å². The Hall–Kier alpha value is -1.42. The van der Waals surface area contributed by atoms with Crippen LogP contribution in [0.5, 0.6) is 0 Å². The Morgan fingerprint density at radius 2 is 2.12 bits per heavy atom. The van der Waals surface area contributed by atoms with Gasteiger partial charge in [0, 0.05) is 30.9 Å². The maximum atomic E-state index is 9.45. The lowest BCUT2D eigenvalue weighted by Gasteiger charge is -2.27. The van der Waals surface area contributed by atoms with E-state index in [-0.39, 0.29) is 0 Å². The lowest BCUT2D eigenvalue weighted by Crippen LogP contribution is -2.33. The molecule has 2 saturated heterocycles. The van der Waals surface area contributed by atoms with Crippen molar-refractivity contribution >= 4 is 17.4 Å². The molecule has 6 nitrogen and oxygen atoms in total. The van der Waals surface area contributed by atoms with Gasteiger partial charge in [-0.2, -0.15) is 5.26 Å². The highest BCUT2D eigenvalue weighted by atomic mass is 35.5. The van der Waals surface area contributed by atoms with E-state index in [1.165, 1.54) is 19.3 Å². The largest absolute Gasteiger partial charge is 0.381 e. The van der Waals surface area contributed by atoms with E-state index in [4.69, 9.17) is 16.3 Å². The predicted molar refractivity (Wildman–Crippen MR) is 100 cm³/mol. The lowest BCUT2D eigenvalue weighted by molar-refractivity contribution is 0.0594. The Morgan fingerprint density at radius 1 is 1.31 bits per heavy atom. The van der Waals surface area contributed by atoms with Crippen LogP contribution in [-0.2, 0) is 4.74 Å². The highest BCUT2D eigenvalue weighted by molar-refractivity contribution is 6.30. The molecule has 1 aromatic rings. The summed E-state index contributed by atoms with van der Waals surface area (Å²) >= 11 is 6.00. The van der Waals surface area contributed by atoms with Crippen LogP contribution in [0.4, 0.5) is 5.82 Å². The van der Waals surface area contributed by atoms with Gasteiger partial charge in [0.1, 0.15) is 11.6 Å². The van der Waals surface area contributed by atoms with E-state index in [0.717, 1.165) is 38.5 Å². The number of halogens is 1. The van der Waals surface area contributed by atoms with Crippen molar-refractivity contribution in [2.24, 2.45) is 17.8 Å². The fourth-order valence-electron chi connectivity index (χ4n) is 4.99. The second-order valence-corrected chi connectivity index (χ2v) is 8.35. The van der Waals surface area contributed by atoms with Gasteiger partial charge in [0.25, 0.3) is 0 Å². The average molecular weight is 376 g/mol. The van der Waals surface area contributed by atoms with Crippen molar-refractivity contribution in [1.82, 2.24) is 15.5 Å². The van der Waals surface area contributed by atoms with Gasteiger partial charge in [0.05, 0.1) is 0 Å². The standard InChI is InChI=1S/C19H26ClN5O/c1-11-16(9-21)19(25-24-18(11)20)23-14-7-13-10-22-17(15(13)8-14)6-12-2-4-26-5-3-12/h12-15,17,22H,2-8,10H2,1H3,(H,23,25)/t13-,14+,15+,17+/m1/s1. The van der Waals surface area contributed by atoms with Crippen molar-refractivity contribution in [3.05, 3.63) is 16.3 Å². The van der Waals surface area contributed by atoms with Gasteiger partial charge in [0.2, 0.25) is 0 Å². The van der Waals surface area contributed by atoms with Crippen LogP contribution in [0.2, 0.25) is 5.15 Å². The maximum absolute atomic E-state index is 9.45. The molecule has 1 aromatic heterocycles. The first kappa shape index (κ1) is 18.0. The van der Waals surface area contributed by atoms with Crippen molar-refractivity contribution in [2.45, 2.75) is 51.1 Å². The quantitative estimate of drug-likeness (QED) is 0.841. The number of hydrogen-bond acceptors (Lipinski definition) is 6. The number of aromatic nitrogens is 2. The summed E-state index contributed by atoms with van der Waals surface area (Å²) < 4.78 is 5.50. The first-order valence-corrected chi connectivity index (χ1v) is 10.0. The summed E-state index contributed by atoms with van der Waals surface area (Å²) in [5.41, 5.74) is 1.21. The minimum Gasteiger partial charge on any atom is -0.381 e. The molecule has 1 aliphatic carbocycles. The third-order valence-electron chi connectivity index (χ3n) is 6.45. The molecule has 3 aliphatic rings. The SMILES string of the molecule is Cc1c(Cl)nnc(N[C@H]2C[C@@H]3CN[C@@H](CC4CCOCC4)[C@H]3C2)c1C#N. The summed E-state index contributed by atoms with van der Waals surface area (Å²) in [7, 11) is 0. The first-order chi connectivity index (χ1) is 12.7. The van der Waals surface area contributed by atoms with Gasteiger partial charge in [-0.3, -0.25) is 0 Å². The lowest BCUT2D eigenvalue weighted by atomic mass is 9.85. The molecule has 2 N–H and O–H groups in total. The van der Waals surface area contributed by atoms with Gasteiger partial charge in [0.15, 0.2) is 11.0 Å². The number of anilines is 1. The van der Waals surface area contributed by atoms with Crippen molar-refractivity contribution in [2.75, 3.05) is 25.1 Å². The minimum absolute atomic E-state index is 0.302. The van der Waals surface area contributed by atoms with Crippen LogP contribution in [0.15, 0.2) is 0 Å². The first-order valence-electron chi connectivity index (χ1n) is 9.66. The van der Waals surface area contributed by atoms with Gasteiger partial charge in [-0.25, -0.2) is 0 Å². The summed E-state index contributed by atoms with van der Waals surface area (Å²) in [5, 5.41) is 25.1. The third-order valence-corrected chi connectivity index (χ3v) is 6.81. The van der Waals surface area contributed by atoms with Gasteiger partial charge in [-0.15, -0.1) is 10.2 Å². The number of ether oxygens (including phenoxy) is 1. The van der Waals surface area contributed by atoms with Crippen LogP contribution in [-0.4, -0.2) is 42.0 Å². The van der Waals surface area contributed by atoms with E-state index in [9.17, 15) is 5.26 Å². The maximum Gasteiger partial charge on any atom is 0.167 e. The van der Waals surface area contributed by atoms with Gasteiger partial charge in [-0.05, 0) is 63.3 Å². The highest BCUT2D eigenvalue weighted by Crippen LogP contribution is 2.42. The van der Waals surface area contributed by atoms with E-state index >= 15 is 0 Å². The molecular formula is C19H26ClN5O. The molecule has 4 rings (SSSR count). The molecule has 3 fully saturated rings. The van der Waals surface area contributed by atoms with Gasteiger partial charge >= 0.3 is 0 Å². The number of nitriles is 1. The van der Waals surface area contributed by atoms with Crippen LogP contribution in [0.25, 0.3) is 0 Å². The number of hydrogen-bond donors (Lipinski definition) is 2. The van der Waals surface area contributed by atoms with Crippen LogP contribution < -0.4 is 10.6 Å². The summed E-state index contributed by atoms with van der Waals surface area (Å²) in [6, 6.07) is 3.19. The van der Waals surface area contributed by atoms with Crippen LogP contribution in [0.3, 0.4) is 0 Å². The van der Waals surface area contributed by atoms with Crippen molar-refractivity contribution in [1.29, 1.82) is 5.26 Å². The van der Waals surface area contributed by atoms with E-state index in [1.807, 2.05) is 6.92 Å². The molecule has 4 atom stereocenters. The molecule has 2 aliphatic heterocycles. The molecule has 7 heteroatoms. The zero-order valence-corrected chi connectivity index (χ0v) is 15.9. The van der Waals surface area contributed by atoms with Gasteiger partial charge < -0.3 is 15.4 Å². The molecule has 3 heterocycles. The summed E-state index contributed by atoms with van der Waals surface area (Å²) in [4.78, 5) is 0. The van der Waals surface area contributed by atoms with Crippen LogP contribution in [0.1, 0.15) is 43.2 Å². The second-order valence-electron chi connectivity index (χ2n) is 7.99. The molecule has 26 heavy (non-hydrogen) atoms. The summed E-state index contributed by atoms with van der Waals surface area (Å²) in [6.45, 7) is 4.76. The number of rotatable bonds is 4. The third kappa shape index (κ3) is 3.53. The summed E-state index contributed by atoms with van der Waals surface area (Å²) in [6.07, 6.45) is 5.90. The highest BCUT2D eigenvalue weighted by Gasteiger charge is 2.44. The van der Waals surface area contributed by atoms with E-state index in [2.05, 4.69) is 26.9 Å². The number of nitrogens with zero attached hydrogens (tertiary/aromatic N) is 3.